The number of hydrogen-bond donors (Lipinski definition) is 2. The summed E-state index contributed by atoms with van der Waals surface area (Å²) in [5.74, 6) is 0.0593. The van der Waals surface area contributed by atoms with Gasteiger partial charge in [0.25, 0.3) is 5.56 Å². The molecule has 2 aromatic rings. The molecule has 0 aromatic carbocycles. The summed E-state index contributed by atoms with van der Waals surface area (Å²) in [6.45, 7) is 4.07. The zero-order valence-electron chi connectivity index (χ0n) is 14.3. The van der Waals surface area contributed by atoms with Crippen LogP contribution in [0.1, 0.15) is 53.8 Å². The zero-order valence-corrected chi connectivity index (χ0v) is 15.1. The number of aromatic nitrogens is 1. The first-order valence-electron chi connectivity index (χ1n) is 8.54. The molecule has 0 unspecified atom stereocenters. The van der Waals surface area contributed by atoms with E-state index in [4.69, 9.17) is 0 Å². The number of hydrogen-bond acceptors (Lipinski definition) is 3. The van der Waals surface area contributed by atoms with Gasteiger partial charge in [0, 0.05) is 22.7 Å². The van der Waals surface area contributed by atoms with Gasteiger partial charge in [0.05, 0.1) is 5.41 Å². The summed E-state index contributed by atoms with van der Waals surface area (Å²) in [4.78, 5) is 29.2. The first-order valence-corrected chi connectivity index (χ1v) is 9.42. The van der Waals surface area contributed by atoms with E-state index in [1.807, 2.05) is 31.4 Å². The van der Waals surface area contributed by atoms with Crippen molar-refractivity contribution in [1.29, 1.82) is 0 Å². The Morgan fingerprint density at radius 2 is 2.04 bits per heavy atom. The van der Waals surface area contributed by atoms with Gasteiger partial charge in [-0.1, -0.05) is 25.3 Å². The Morgan fingerprint density at radius 3 is 2.67 bits per heavy atom. The molecule has 3 rings (SSSR count). The van der Waals surface area contributed by atoms with Gasteiger partial charge in [-0.2, -0.15) is 0 Å². The molecule has 5 heteroatoms. The van der Waals surface area contributed by atoms with E-state index in [0.29, 0.717) is 5.56 Å². The summed E-state index contributed by atoms with van der Waals surface area (Å²) >= 11 is 1.66. The van der Waals surface area contributed by atoms with E-state index < -0.39 is 5.41 Å². The number of rotatable bonds is 4. The van der Waals surface area contributed by atoms with Crippen LogP contribution in [0.2, 0.25) is 0 Å². The number of carbonyl (C=O) groups is 1. The van der Waals surface area contributed by atoms with E-state index in [1.54, 1.807) is 11.3 Å². The number of aryl methyl sites for hydroxylation is 2. The largest absolute Gasteiger partial charge is 0.351 e. The van der Waals surface area contributed by atoms with Crippen molar-refractivity contribution in [3.63, 3.8) is 0 Å². The fourth-order valence-corrected chi connectivity index (χ4v) is 4.71. The van der Waals surface area contributed by atoms with Gasteiger partial charge < -0.3 is 10.3 Å². The second kappa shape index (κ2) is 6.93. The number of amides is 1. The van der Waals surface area contributed by atoms with E-state index in [1.165, 1.54) is 6.42 Å². The van der Waals surface area contributed by atoms with E-state index in [0.717, 1.165) is 41.8 Å². The lowest BCUT2D eigenvalue weighted by Gasteiger charge is -2.35. The highest BCUT2D eigenvalue weighted by molar-refractivity contribution is 7.10. The molecule has 1 amide bonds. The number of aromatic amines is 1. The third kappa shape index (κ3) is 3.18. The van der Waals surface area contributed by atoms with E-state index in [2.05, 4.69) is 16.4 Å². The molecule has 128 valence electrons. The molecule has 1 aliphatic rings. The Morgan fingerprint density at radius 1 is 1.29 bits per heavy atom. The lowest BCUT2D eigenvalue weighted by molar-refractivity contribution is -0.128. The molecule has 0 aliphatic heterocycles. The smallest absolute Gasteiger partial charge is 0.253 e. The van der Waals surface area contributed by atoms with Crippen molar-refractivity contribution in [1.82, 2.24) is 10.3 Å². The molecule has 1 aliphatic carbocycles. The van der Waals surface area contributed by atoms with E-state index in [-0.39, 0.29) is 18.0 Å². The maximum Gasteiger partial charge on any atom is 0.253 e. The van der Waals surface area contributed by atoms with Gasteiger partial charge in [0.1, 0.15) is 0 Å². The monoisotopic (exact) mass is 344 g/mol. The minimum Gasteiger partial charge on any atom is -0.351 e. The van der Waals surface area contributed by atoms with Gasteiger partial charge in [-0.15, -0.1) is 11.3 Å². The first-order chi connectivity index (χ1) is 11.5. The van der Waals surface area contributed by atoms with Crippen molar-refractivity contribution in [3.8, 4) is 0 Å². The van der Waals surface area contributed by atoms with Gasteiger partial charge in [0.15, 0.2) is 0 Å². The molecule has 2 aromatic heterocycles. The van der Waals surface area contributed by atoms with Crippen LogP contribution >= 0.6 is 11.3 Å². The minimum absolute atomic E-state index is 0.0593. The van der Waals surface area contributed by atoms with Crippen LogP contribution in [0.25, 0.3) is 0 Å². The highest BCUT2D eigenvalue weighted by Crippen LogP contribution is 2.41. The molecule has 0 bridgehead atoms. The predicted molar refractivity (Wildman–Crippen MR) is 97.5 cm³/mol. The summed E-state index contributed by atoms with van der Waals surface area (Å²) in [5, 5.41) is 5.08. The average Bonchev–Trinajstić information content (AvgIpc) is 3.09. The molecule has 2 N–H and O–H groups in total. The molecule has 0 radical (unpaired) electrons. The lowest BCUT2D eigenvalue weighted by Crippen LogP contribution is -2.45. The van der Waals surface area contributed by atoms with Crippen LogP contribution in [0.4, 0.5) is 0 Å². The summed E-state index contributed by atoms with van der Waals surface area (Å²) in [6, 6.07) is 6.02. The summed E-state index contributed by atoms with van der Waals surface area (Å²) < 4.78 is 0. The van der Waals surface area contributed by atoms with Crippen LogP contribution in [0.5, 0.6) is 0 Å². The van der Waals surface area contributed by atoms with Crippen LogP contribution < -0.4 is 10.9 Å². The first kappa shape index (κ1) is 17.0. The molecule has 0 saturated heterocycles. The molecule has 2 heterocycles. The quantitative estimate of drug-likeness (QED) is 0.891. The number of carbonyl (C=O) groups excluding carboxylic acids is 1. The zero-order chi connectivity index (χ0) is 17.2. The van der Waals surface area contributed by atoms with E-state index in [9.17, 15) is 9.59 Å². The molecule has 1 fully saturated rings. The van der Waals surface area contributed by atoms with Crippen molar-refractivity contribution in [3.05, 3.63) is 55.6 Å². The molecule has 0 spiro atoms. The maximum absolute atomic E-state index is 13.1. The van der Waals surface area contributed by atoms with Gasteiger partial charge in [0.2, 0.25) is 5.91 Å². The SMILES string of the molecule is Cc1cc(C)c(CNC(=O)C2(c3cccs3)CCCCC2)c(=O)[nH]1. The highest BCUT2D eigenvalue weighted by Gasteiger charge is 2.41. The Hall–Kier alpha value is -1.88. The Balaban J connectivity index is 1.81. The Bertz CT molecular complexity index is 771. The standard InChI is InChI=1S/C19H24N2O2S/c1-13-11-14(2)21-17(22)15(13)12-20-18(23)19(8-4-3-5-9-19)16-7-6-10-24-16/h6-7,10-11H,3-5,8-9,12H2,1-2H3,(H,20,23)(H,21,22). The summed E-state index contributed by atoms with van der Waals surface area (Å²) in [7, 11) is 0. The summed E-state index contributed by atoms with van der Waals surface area (Å²) in [6.07, 6.45) is 5.13. The molecular weight excluding hydrogens is 320 g/mol. The summed E-state index contributed by atoms with van der Waals surface area (Å²) in [5.41, 5.74) is 1.88. The normalized spacial score (nSPS) is 16.8. The fraction of sp³-hybridized carbons (Fsp3) is 0.474. The topological polar surface area (TPSA) is 62.0 Å². The van der Waals surface area contributed by atoms with Crippen LogP contribution in [-0.2, 0) is 16.8 Å². The Kier molecular flexibility index (Phi) is 4.90. The van der Waals surface area contributed by atoms with Gasteiger partial charge in [-0.3, -0.25) is 9.59 Å². The molecular formula is C19H24N2O2S. The van der Waals surface area contributed by atoms with Crippen LogP contribution in [-0.4, -0.2) is 10.9 Å². The second-order valence-corrected chi connectivity index (χ2v) is 7.69. The fourth-order valence-electron chi connectivity index (χ4n) is 3.73. The third-order valence-corrected chi connectivity index (χ3v) is 6.13. The van der Waals surface area contributed by atoms with Crippen molar-refractivity contribution in [2.45, 2.75) is 57.9 Å². The van der Waals surface area contributed by atoms with Crippen molar-refractivity contribution >= 4 is 17.2 Å². The van der Waals surface area contributed by atoms with Crippen LogP contribution in [0.3, 0.4) is 0 Å². The number of thiophene rings is 1. The molecule has 24 heavy (non-hydrogen) atoms. The minimum atomic E-state index is -0.419. The van der Waals surface area contributed by atoms with Crippen molar-refractivity contribution in [2.24, 2.45) is 0 Å². The molecule has 1 saturated carbocycles. The molecule has 4 nitrogen and oxygen atoms in total. The van der Waals surface area contributed by atoms with Crippen LogP contribution in [0, 0.1) is 13.8 Å². The number of H-pyrrole nitrogens is 1. The molecule has 0 atom stereocenters. The third-order valence-electron chi connectivity index (χ3n) is 5.05. The number of nitrogens with one attached hydrogen (secondary N) is 2. The van der Waals surface area contributed by atoms with Gasteiger partial charge in [-0.25, -0.2) is 0 Å². The van der Waals surface area contributed by atoms with Crippen LogP contribution in [0.15, 0.2) is 28.4 Å². The maximum atomic E-state index is 13.1. The second-order valence-electron chi connectivity index (χ2n) is 6.75. The van der Waals surface area contributed by atoms with Crippen molar-refractivity contribution < 1.29 is 4.79 Å². The number of pyridine rings is 1. The highest BCUT2D eigenvalue weighted by atomic mass is 32.1. The van der Waals surface area contributed by atoms with Crippen molar-refractivity contribution in [2.75, 3.05) is 0 Å². The van der Waals surface area contributed by atoms with Gasteiger partial charge in [-0.05, 0) is 49.8 Å². The Labute approximate surface area is 146 Å². The predicted octanol–water partition coefficient (Wildman–Crippen LogP) is 3.57. The lowest BCUT2D eigenvalue weighted by atomic mass is 9.72. The average molecular weight is 344 g/mol. The van der Waals surface area contributed by atoms with Gasteiger partial charge >= 0.3 is 0 Å². The van der Waals surface area contributed by atoms with E-state index >= 15 is 0 Å².